The van der Waals surface area contributed by atoms with Gasteiger partial charge in [-0.2, -0.15) is 4.98 Å². The van der Waals surface area contributed by atoms with Crippen LogP contribution in [0.2, 0.25) is 0 Å². The van der Waals surface area contributed by atoms with Crippen molar-refractivity contribution in [3.8, 4) is 17.2 Å². The van der Waals surface area contributed by atoms with Crippen LogP contribution in [0.15, 0.2) is 28.8 Å². The summed E-state index contributed by atoms with van der Waals surface area (Å²) in [5.41, 5.74) is 6.37. The molecular formula is C13H17N3O3. The molecule has 1 heterocycles. The SMILES string of the molecule is CC(C)Oc1cccc(-c2nc(C(N)CO)no2)c1. The molecule has 1 aromatic carbocycles. The van der Waals surface area contributed by atoms with Crippen LogP contribution in [0.25, 0.3) is 11.5 Å². The van der Waals surface area contributed by atoms with Gasteiger partial charge in [0.25, 0.3) is 5.89 Å². The number of ether oxygens (including phenoxy) is 1. The summed E-state index contributed by atoms with van der Waals surface area (Å²) in [6.45, 7) is 3.69. The van der Waals surface area contributed by atoms with E-state index in [4.69, 9.17) is 20.1 Å². The second-order valence-corrected chi connectivity index (χ2v) is 4.44. The number of aliphatic hydroxyl groups is 1. The highest BCUT2D eigenvalue weighted by Gasteiger charge is 2.14. The average molecular weight is 263 g/mol. The molecule has 0 saturated heterocycles. The van der Waals surface area contributed by atoms with Crippen LogP contribution in [0.5, 0.6) is 5.75 Å². The summed E-state index contributed by atoms with van der Waals surface area (Å²) in [5.74, 6) is 1.37. The molecule has 0 amide bonds. The van der Waals surface area contributed by atoms with Gasteiger partial charge in [-0.15, -0.1) is 0 Å². The second kappa shape index (κ2) is 5.81. The lowest BCUT2D eigenvalue weighted by molar-refractivity contribution is 0.242. The normalized spacial score (nSPS) is 12.7. The fraction of sp³-hybridized carbons (Fsp3) is 0.385. The van der Waals surface area contributed by atoms with Crippen LogP contribution in [0, 0.1) is 0 Å². The first-order valence-corrected chi connectivity index (χ1v) is 6.07. The number of hydrogen-bond donors (Lipinski definition) is 2. The zero-order valence-electron chi connectivity index (χ0n) is 10.9. The lowest BCUT2D eigenvalue weighted by atomic mass is 10.2. The van der Waals surface area contributed by atoms with Crippen LogP contribution >= 0.6 is 0 Å². The van der Waals surface area contributed by atoms with Crippen molar-refractivity contribution < 1.29 is 14.4 Å². The maximum absolute atomic E-state index is 8.94. The predicted octanol–water partition coefficient (Wildman–Crippen LogP) is 1.52. The number of aromatic nitrogens is 2. The molecule has 2 rings (SSSR count). The van der Waals surface area contributed by atoms with Crippen molar-refractivity contribution in [2.24, 2.45) is 5.73 Å². The summed E-state index contributed by atoms with van der Waals surface area (Å²) in [6, 6.07) is 6.74. The number of hydrogen-bond acceptors (Lipinski definition) is 6. The van der Waals surface area contributed by atoms with E-state index < -0.39 is 6.04 Å². The van der Waals surface area contributed by atoms with Gasteiger partial charge in [-0.25, -0.2) is 0 Å². The van der Waals surface area contributed by atoms with E-state index in [2.05, 4.69) is 10.1 Å². The minimum Gasteiger partial charge on any atom is -0.491 e. The Kier molecular flexibility index (Phi) is 4.13. The van der Waals surface area contributed by atoms with E-state index >= 15 is 0 Å². The Morgan fingerprint density at radius 3 is 2.89 bits per heavy atom. The Morgan fingerprint density at radius 1 is 1.42 bits per heavy atom. The van der Waals surface area contributed by atoms with Gasteiger partial charge in [0.1, 0.15) is 5.75 Å². The fourth-order valence-electron chi connectivity index (χ4n) is 1.56. The molecule has 0 saturated carbocycles. The van der Waals surface area contributed by atoms with Crippen LogP contribution in [-0.2, 0) is 0 Å². The van der Waals surface area contributed by atoms with Crippen molar-refractivity contribution in [2.75, 3.05) is 6.61 Å². The topological polar surface area (TPSA) is 94.4 Å². The molecule has 0 aliphatic carbocycles. The molecule has 1 aromatic heterocycles. The molecule has 1 atom stereocenters. The summed E-state index contributed by atoms with van der Waals surface area (Å²) in [4.78, 5) is 4.15. The fourth-order valence-corrected chi connectivity index (χ4v) is 1.56. The van der Waals surface area contributed by atoms with Crippen LogP contribution in [-0.4, -0.2) is 28.0 Å². The third-order valence-electron chi connectivity index (χ3n) is 2.42. The first-order valence-electron chi connectivity index (χ1n) is 6.07. The molecule has 0 fully saturated rings. The maximum Gasteiger partial charge on any atom is 0.258 e. The van der Waals surface area contributed by atoms with Crippen molar-refractivity contribution in [1.82, 2.24) is 10.1 Å². The van der Waals surface area contributed by atoms with Crippen LogP contribution in [0.4, 0.5) is 0 Å². The van der Waals surface area contributed by atoms with Gasteiger partial charge in [-0.05, 0) is 32.0 Å². The van der Waals surface area contributed by atoms with Crippen LogP contribution in [0.1, 0.15) is 25.7 Å². The van der Waals surface area contributed by atoms with E-state index in [9.17, 15) is 0 Å². The lowest BCUT2D eigenvalue weighted by Gasteiger charge is -2.09. The Hall–Kier alpha value is -1.92. The zero-order valence-corrected chi connectivity index (χ0v) is 10.9. The molecular weight excluding hydrogens is 246 g/mol. The third kappa shape index (κ3) is 3.30. The van der Waals surface area contributed by atoms with E-state index in [0.29, 0.717) is 5.89 Å². The Bertz CT molecular complexity index is 539. The molecule has 0 bridgehead atoms. The quantitative estimate of drug-likeness (QED) is 0.849. The summed E-state index contributed by atoms with van der Waals surface area (Å²) >= 11 is 0. The summed E-state index contributed by atoms with van der Waals surface area (Å²) in [7, 11) is 0. The van der Waals surface area contributed by atoms with Gasteiger partial charge >= 0.3 is 0 Å². The van der Waals surface area contributed by atoms with Gasteiger partial charge in [0, 0.05) is 5.56 Å². The van der Waals surface area contributed by atoms with Gasteiger partial charge in [0.2, 0.25) is 0 Å². The second-order valence-electron chi connectivity index (χ2n) is 4.44. The average Bonchev–Trinajstić information content (AvgIpc) is 2.87. The Morgan fingerprint density at radius 2 is 2.21 bits per heavy atom. The lowest BCUT2D eigenvalue weighted by Crippen LogP contribution is -2.15. The molecule has 6 heteroatoms. The van der Waals surface area contributed by atoms with Crippen LogP contribution in [0.3, 0.4) is 0 Å². The zero-order chi connectivity index (χ0) is 13.8. The van der Waals surface area contributed by atoms with E-state index in [-0.39, 0.29) is 18.5 Å². The van der Waals surface area contributed by atoms with Gasteiger partial charge in [-0.3, -0.25) is 0 Å². The summed E-state index contributed by atoms with van der Waals surface area (Å²) in [6.07, 6.45) is 0.0938. The number of nitrogens with zero attached hydrogens (tertiary/aromatic N) is 2. The molecule has 0 aliphatic heterocycles. The van der Waals surface area contributed by atoms with Gasteiger partial charge in [0.15, 0.2) is 5.82 Å². The van der Waals surface area contributed by atoms with Gasteiger partial charge in [0.05, 0.1) is 18.8 Å². The molecule has 0 spiro atoms. The van der Waals surface area contributed by atoms with Crippen molar-refractivity contribution in [2.45, 2.75) is 26.0 Å². The monoisotopic (exact) mass is 263 g/mol. The van der Waals surface area contributed by atoms with Crippen LogP contribution < -0.4 is 10.5 Å². The molecule has 0 radical (unpaired) electrons. The van der Waals surface area contributed by atoms with Gasteiger partial charge < -0.3 is 20.1 Å². The van der Waals surface area contributed by atoms with Crippen molar-refractivity contribution in [3.63, 3.8) is 0 Å². The molecule has 1 unspecified atom stereocenters. The highest BCUT2D eigenvalue weighted by molar-refractivity contribution is 5.55. The minimum absolute atomic E-state index is 0.0938. The first-order chi connectivity index (χ1) is 9.10. The van der Waals surface area contributed by atoms with E-state index in [0.717, 1.165) is 11.3 Å². The predicted molar refractivity (Wildman–Crippen MR) is 69.5 cm³/mol. The molecule has 102 valence electrons. The van der Waals surface area contributed by atoms with Crippen molar-refractivity contribution in [1.29, 1.82) is 0 Å². The van der Waals surface area contributed by atoms with Gasteiger partial charge in [-0.1, -0.05) is 11.2 Å². The maximum atomic E-state index is 8.94. The highest BCUT2D eigenvalue weighted by Crippen LogP contribution is 2.23. The van der Waals surface area contributed by atoms with E-state index in [1.54, 1.807) is 0 Å². The molecule has 6 nitrogen and oxygen atoms in total. The number of nitrogens with two attached hydrogens (primary N) is 1. The first kappa shape index (κ1) is 13.5. The summed E-state index contributed by atoms with van der Waals surface area (Å²) in [5, 5.41) is 12.7. The van der Waals surface area contributed by atoms with E-state index in [1.165, 1.54) is 0 Å². The largest absolute Gasteiger partial charge is 0.491 e. The number of rotatable bonds is 5. The molecule has 3 N–H and O–H groups in total. The number of benzene rings is 1. The third-order valence-corrected chi connectivity index (χ3v) is 2.42. The number of aliphatic hydroxyl groups excluding tert-OH is 1. The van der Waals surface area contributed by atoms with Crippen molar-refractivity contribution in [3.05, 3.63) is 30.1 Å². The minimum atomic E-state index is -0.632. The molecule has 0 aliphatic rings. The Labute approximate surface area is 111 Å². The Balaban J connectivity index is 2.24. The smallest absolute Gasteiger partial charge is 0.258 e. The van der Waals surface area contributed by atoms with E-state index in [1.807, 2.05) is 38.1 Å². The highest BCUT2D eigenvalue weighted by atomic mass is 16.5. The molecule has 2 aromatic rings. The standard InChI is InChI=1S/C13H17N3O3/c1-8(2)18-10-5-3-4-9(6-10)13-15-12(16-19-13)11(14)7-17/h3-6,8,11,17H,7,14H2,1-2H3. The van der Waals surface area contributed by atoms with Crippen molar-refractivity contribution >= 4 is 0 Å². The summed E-state index contributed by atoms with van der Waals surface area (Å²) < 4.78 is 10.7. The molecule has 19 heavy (non-hydrogen) atoms.